The van der Waals surface area contributed by atoms with Gasteiger partial charge >= 0.3 is 0 Å². The van der Waals surface area contributed by atoms with Crippen LogP contribution in [0.5, 0.6) is 0 Å². The van der Waals surface area contributed by atoms with Crippen LogP contribution in [0, 0.1) is 5.92 Å². The molecule has 3 amide bonds. The number of carbonyl (C=O) groups is 3. The molecular formula is C14H26N4O3. The molecule has 120 valence electrons. The van der Waals surface area contributed by atoms with Gasteiger partial charge in [-0.2, -0.15) is 0 Å². The quantitative estimate of drug-likeness (QED) is 0.692. The lowest BCUT2D eigenvalue weighted by molar-refractivity contribution is -0.142. The van der Waals surface area contributed by atoms with Crippen LogP contribution in [0.25, 0.3) is 0 Å². The first-order valence-corrected chi connectivity index (χ1v) is 7.29. The van der Waals surface area contributed by atoms with Gasteiger partial charge in [0.15, 0.2) is 0 Å². The molecule has 21 heavy (non-hydrogen) atoms. The van der Waals surface area contributed by atoms with Gasteiger partial charge in [-0.25, -0.2) is 0 Å². The van der Waals surface area contributed by atoms with Crippen molar-refractivity contribution in [3.05, 3.63) is 0 Å². The second-order valence-corrected chi connectivity index (χ2v) is 5.97. The number of nitrogens with one attached hydrogen (secondary N) is 1. The maximum atomic E-state index is 12.2. The number of hydrogen-bond acceptors (Lipinski definition) is 4. The number of likely N-dealkylation sites (N-methyl/N-ethyl adjacent to an activating group) is 1. The highest BCUT2D eigenvalue weighted by molar-refractivity contribution is 5.91. The van der Waals surface area contributed by atoms with Crippen LogP contribution in [0.3, 0.4) is 0 Å². The van der Waals surface area contributed by atoms with Gasteiger partial charge in [0.25, 0.3) is 0 Å². The van der Waals surface area contributed by atoms with E-state index in [4.69, 9.17) is 5.73 Å². The molecule has 0 bridgehead atoms. The van der Waals surface area contributed by atoms with Crippen LogP contribution in [-0.4, -0.2) is 66.8 Å². The lowest BCUT2D eigenvalue weighted by Crippen LogP contribution is -2.51. The molecular weight excluding hydrogens is 272 g/mol. The lowest BCUT2D eigenvalue weighted by Gasteiger charge is -2.26. The lowest BCUT2D eigenvalue weighted by atomic mass is 10.1. The summed E-state index contributed by atoms with van der Waals surface area (Å²) in [4.78, 5) is 39.0. The van der Waals surface area contributed by atoms with Gasteiger partial charge in [0.2, 0.25) is 17.7 Å². The molecule has 1 unspecified atom stereocenters. The number of likely N-dealkylation sites (tertiary alicyclic amines) is 1. The van der Waals surface area contributed by atoms with E-state index in [1.54, 1.807) is 19.0 Å². The van der Waals surface area contributed by atoms with Crippen LogP contribution < -0.4 is 11.1 Å². The molecule has 0 aromatic heterocycles. The minimum absolute atomic E-state index is 0.00922. The Balaban J connectivity index is 2.55. The Bertz CT molecular complexity index is 409. The summed E-state index contributed by atoms with van der Waals surface area (Å²) in [6, 6.07) is -1.04. The molecule has 1 aliphatic rings. The molecule has 0 spiro atoms. The van der Waals surface area contributed by atoms with Crippen LogP contribution in [0.15, 0.2) is 0 Å². The minimum Gasteiger partial charge on any atom is -0.347 e. The molecule has 1 rings (SSSR count). The molecule has 7 heteroatoms. The van der Waals surface area contributed by atoms with Gasteiger partial charge in [0.05, 0.1) is 12.6 Å². The Kier molecular flexibility index (Phi) is 6.14. The maximum absolute atomic E-state index is 12.2. The largest absolute Gasteiger partial charge is 0.347 e. The van der Waals surface area contributed by atoms with E-state index in [1.165, 1.54) is 4.90 Å². The van der Waals surface area contributed by atoms with E-state index in [0.717, 1.165) is 6.42 Å². The fourth-order valence-corrected chi connectivity index (χ4v) is 2.30. The predicted molar refractivity (Wildman–Crippen MR) is 79.3 cm³/mol. The van der Waals surface area contributed by atoms with Crippen LogP contribution in [-0.2, 0) is 14.4 Å². The van der Waals surface area contributed by atoms with Crippen molar-refractivity contribution in [2.75, 3.05) is 27.2 Å². The summed E-state index contributed by atoms with van der Waals surface area (Å²) >= 11 is 0. The molecule has 1 fully saturated rings. The molecule has 1 aliphatic heterocycles. The number of hydrogen-bond donors (Lipinski definition) is 2. The fourth-order valence-electron chi connectivity index (χ4n) is 2.30. The van der Waals surface area contributed by atoms with Crippen molar-refractivity contribution in [3.8, 4) is 0 Å². The molecule has 1 heterocycles. The first kappa shape index (κ1) is 17.4. The third kappa shape index (κ3) is 4.42. The highest BCUT2D eigenvalue weighted by Crippen LogP contribution is 2.18. The average molecular weight is 298 g/mol. The number of rotatable bonds is 5. The van der Waals surface area contributed by atoms with Gasteiger partial charge in [-0.05, 0) is 18.8 Å². The van der Waals surface area contributed by atoms with E-state index in [2.05, 4.69) is 5.32 Å². The summed E-state index contributed by atoms with van der Waals surface area (Å²) < 4.78 is 0. The number of nitrogens with zero attached hydrogens (tertiary/aromatic N) is 2. The van der Waals surface area contributed by atoms with Crippen molar-refractivity contribution in [2.24, 2.45) is 11.7 Å². The van der Waals surface area contributed by atoms with Gasteiger partial charge in [-0.1, -0.05) is 13.8 Å². The van der Waals surface area contributed by atoms with Crippen molar-refractivity contribution in [1.82, 2.24) is 15.1 Å². The van der Waals surface area contributed by atoms with Gasteiger partial charge in [-0.3, -0.25) is 14.4 Å². The first-order chi connectivity index (χ1) is 9.75. The standard InChI is InChI=1S/C14H26N4O3/c1-9(2)12(15)13(20)16-8-11(19)18-7-5-6-10(18)14(21)17(3)4/h9-10,12H,5-8,15H2,1-4H3,(H,16,20)/t10?,12-/m0/s1. The van der Waals surface area contributed by atoms with E-state index in [0.29, 0.717) is 13.0 Å². The van der Waals surface area contributed by atoms with E-state index >= 15 is 0 Å². The Morgan fingerprint density at radius 3 is 2.48 bits per heavy atom. The summed E-state index contributed by atoms with van der Waals surface area (Å²) in [5.41, 5.74) is 5.72. The molecule has 3 N–H and O–H groups in total. The zero-order valence-corrected chi connectivity index (χ0v) is 13.3. The molecule has 2 atom stereocenters. The summed E-state index contributed by atoms with van der Waals surface area (Å²) in [7, 11) is 3.35. The predicted octanol–water partition coefficient (Wildman–Crippen LogP) is -0.835. The Labute approximate surface area is 125 Å². The zero-order chi connectivity index (χ0) is 16.2. The second kappa shape index (κ2) is 7.40. The second-order valence-electron chi connectivity index (χ2n) is 5.97. The number of carbonyl (C=O) groups excluding carboxylic acids is 3. The van der Waals surface area contributed by atoms with Gasteiger partial charge in [0.1, 0.15) is 6.04 Å². The fraction of sp³-hybridized carbons (Fsp3) is 0.786. The SMILES string of the molecule is CC(C)[C@H](N)C(=O)NCC(=O)N1CCCC1C(=O)N(C)C. The van der Waals surface area contributed by atoms with E-state index in [-0.39, 0.29) is 30.2 Å². The van der Waals surface area contributed by atoms with Crippen molar-refractivity contribution in [1.29, 1.82) is 0 Å². The minimum atomic E-state index is -0.629. The summed E-state index contributed by atoms with van der Waals surface area (Å²) in [5.74, 6) is -0.647. The van der Waals surface area contributed by atoms with Crippen LogP contribution in [0.1, 0.15) is 26.7 Å². The monoisotopic (exact) mass is 298 g/mol. The van der Waals surface area contributed by atoms with Gasteiger partial charge < -0.3 is 20.9 Å². The van der Waals surface area contributed by atoms with Crippen molar-refractivity contribution in [2.45, 2.75) is 38.8 Å². The molecule has 0 aromatic rings. The number of amides is 3. The number of nitrogens with two attached hydrogens (primary N) is 1. The van der Waals surface area contributed by atoms with Gasteiger partial charge in [0, 0.05) is 20.6 Å². The zero-order valence-electron chi connectivity index (χ0n) is 13.3. The molecule has 0 saturated carbocycles. The molecule has 0 aliphatic carbocycles. The third-order valence-electron chi connectivity index (χ3n) is 3.73. The topological polar surface area (TPSA) is 95.7 Å². The normalized spacial score (nSPS) is 19.5. The summed E-state index contributed by atoms with van der Waals surface area (Å²) in [5, 5.41) is 2.55. The highest BCUT2D eigenvalue weighted by atomic mass is 16.2. The van der Waals surface area contributed by atoms with Gasteiger partial charge in [-0.15, -0.1) is 0 Å². The van der Waals surface area contributed by atoms with E-state index in [1.807, 2.05) is 13.8 Å². The smallest absolute Gasteiger partial charge is 0.244 e. The summed E-state index contributed by atoms with van der Waals surface area (Å²) in [6.07, 6.45) is 1.47. The van der Waals surface area contributed by atoms with Crippen molar-refractivity contribution in [3.63, 3.8) is 0 Å². The van der Waals surface area contributed by atoms with Crippen molar-refractivity contribution >= 4 is 17.7 Å². The van der Waals surface area contributed by atoms with E-state index < -0.39 is 12.1 Å². The Hall–Kier alpha value is -1.63. The first-order valence-electron chi connectivity index (χ1n) is 7.29. The highest BCUT2D eigenvalue weighted by Gasteiger charge is 2.34. The van der Waals surface area contributed by atoms with E-state index in [9.17, 15) is 14.4 Å². The Morgan fingerprint density at radius 2 is 1.95 bits per heavy atom. The Morgan fingerprint density at radius 1 is 1.33 bits per heavy atom. The average Bonchev–Trinajstić information content (AvgIpc) is 2.91. The van der Waals surface area contributed by atoms with Crippen LogP contribution >= 0.6 is 0 Å². The third-order valence-corrected chi connectivity index (χ3v) is 3.73. The maximum Gasteiger partial charge on any atom is 0.244 e. The van der Waals surface area contributed by atoms with Crippen LogP contribution in [0.2, 0.25) is 0 Å². The van der Waals surface area contributed by atoms with Crippen LogP contribution in [0.4, 0.5) is 0 Å². The molecule has 7 nitrogen and oxygen atoms in total. The molecule has 0 radical (unpaired) electrons. The molecule has 1 saturated heterocycles. The summed E-state index contributed by atoms with van der Waals surface area (Å²) in [6.45, 7) is 4.13. The molecule has 0 aromatic carbocycles. The van der Waals surface area contributed by atoms with Crippen molar-refractivity contribution < 1.29 is 14.4 Å².